The summed E-state index contributed by atoms with van der Waals surface area (Å²) >= 11 is 0. The van der Waals surface area contributed by atoms with Crippen molar-refractivity contribution in [3.8, 4) is 11.5 Å². The largest absolute Gasteiger partial charge is 0.507 e. The average molecular weight is 453 g/mol. The van der Waals surface area contributed by atoms with Crippen LogP contribution in [0.4, 0.5) is 0 Å². The zero-order valence-electron chi connectivity index (χ0n) is 19.4. The van der Waals surface area contributed by atoms with Gasteiger partial charge in [0.1, 0.15) is 17.3 Å². The summed E-state index contributed by atoms with van der Waals surface area (Å²) in [5, 5.41) is 11.2. The van der Waals surface area contributed by atoms with E-state index in [9.17, 15) is 19.5 Å². The van der Waals surface area contributed by atoms with Gasteiger partial charge in [-0.25, -0.2) is 0 Å². The second-order valence-electron chi connectivity index (χ2n) is 8.14. The zero-order valence-corrected chi connectivity index (χ0v) is 19.4. The van der Waals surface area contributed by atoms with E-state index in [1.54, 1.807) is 56.5 Å². The number of carbonyl (C=O) groups excluding carboxylic acids is 3. The maximum atomic E-state index is 13.1. The lowest BCUT2D eigenvalue weighted by Gasteiger charge is -2.26. The van der Waals surface area contributed by atoms with Crippen LogP contribution in [-0.4, -0.2) is 66.9 Å². The number of ketones is 1. The van der Waals surface area contributed by atoms with Gasteiger partial charge >= 0.3 is 5.97 Å². The summed E-state index contributed by atoms with van der Waals surface area (Å²) in [4.78, 5) is 40.7. The van der Waals surface area contributed by atoms with Crippen molar-refractivity contribution < 1.29 is 29.0 Å². The minimum Gasteiger partial charge on any atom is -0.507 e. The van der Waals surface area contributed by atoms with Crippen molar-refractivity contribution in [2.45, 2.75) is 19.9 Å². The van der Waals surface area contributed by atoms with Crippen LogP contribution < -0.4 is 9.47 Å². The predicted octanol–water partition coefficient (Wildman–Crippen LogP) is 2.91. The van der Waals surface area contributed by atoms with Gasteiger partial charge in [-0.3, -0.25) is 14.4 Å². The number of benzene rings is 2. The molecule has 0 bridgehead atoms. The van der Waals surface area contributed by atoms with E-state index in [0.29, 0.717) is 41.3 Å². The van der Waals surface area contributed by atoms with E-state index in [1.807, 2.05) is 19.0 Å². The molecule has 1 N–H and O–H groups in total. The number of rotatable bonds is 7. The molecule has 0 spiro atoms. The van der Waals surface area contributed by atoms with Gasteiger partial charge < -0.3 is 24.4 Å². The number of likely N-dealkylation sites (tertiary alicyclic amines) is 1. The highest BCUT2D eigenvalue weighted by Crippen LogP contribution is 2.40. The first-order valence-corrected chi connectivity index (χ1v) is 10.5. The van der Waals surface area contributed by atoms with E-state index >= 15 is 0 Å². The summed E-state index contributed by atoms with van der Waals surface area (Å²) in [6, 6.07) is 10.9. The van der Waals surface area contributed by atoms with Crippen LogP contribution in [0.25, 0.3) is 5.76 Å². The number of nitrogens with zero attached hydrogens (tertiary/aromatic N) is 2. The normalized spacial score (nSPS) is 17.5. The van der Waals surface area contributed by atoms with Crippen molar-refractivity contribution in [1.82, 2.24) is 9.80 Å². The van der Waals surface area contributed by atoms with Crippen molar-refractivity contribution >= 4 is 23.4 Å². The number of aliphatic hydroxyl groups excluding tert-OH is 1. The van der Waals surface area contributed by atoms with E-state index in [4.69, 9.17) is 9.47 Å². The van der Waals surface area contributed by atoms with Gasteiger partial charge in [0.15, 0.2) is 0 Å². The smallest absolute Gasteiger partial charge is 0.308 e. The van der Waals surface area contributed by atoms with Gasteiger partial charge in [-0.05, 0) is 62.5 Å². The number of Topliss-reactive ketones (excluding diaryl/α,β-unsaturated/α-hetero) is 1. The van der Waals surface area contributed by atoms with E-state index in [-0.39, 0.29) is 11.3 Å². The molecule has 0 aromatic heterocycles. The Balaban J connectivity index is 2.13. The quantitative estimate of drug-likeness (QED) is 0.227. The molecule has 0 saturated carbocycles. The van der Waals surface area contributed by atoms with Gasteiger partial charge in [-0.2, -0.15) is 0 Å². The molecular formula is C25H28N2O6. The average Bonchev–Trinajstić information content (AvgIpc) is 3.02. The number of aryl methyl sites for hydroxylation is 1. The number of esters is 1. The second-order valence-corrected chi connectivity index (χ2v) is 8.14. The molecule has 1 aliphatic heterocycles. The predicted molar refractivity (Wildman–Crippen MR) is 123 cm³/mol. The number of hydrogen-bond donors (Lipinski definition) is 1. The molecule has 1 amide bonds. The lowest BCUT2D eigenvalue weighted by atomic mass is 9.94. The van der Waals surface area contributed by atoms with Crippen LogP contribution in [0.3, 0.4) is 0 Å². The molecule has 8 heteroatoms. The molecule has 8 nitrogen and oxygen atoms in total. The Kier molecular flexibility index (Phi) is 7.18. The highest BCUT2D eigenvalue weighted by atomic mass is 16.5. The maximum Gasteiger partial charge on any atom is 0.308 e. The van der Waals surface area contributed by atoms with E-state index in [2.05, 4.69) is 0 Å². The number of amides is 1. The lowest BCUT2D eigenvalue weighted by molar-refractivity contribution is -0.140. The molecule has 2 aromatic carbocycles. The van der Waals surface area contributed by atoms with Crippen molar-refractivity contribution in [2.24, 2.45) is 0 Å². The number of ether oxygens (including phenoxy) is 2. The van der Waals surface area contributed by atoms with Crippen LogP contribution >= 0.6 is 0 Å². The van der Waals surface area contributed by atoms with Crippen molar-refractivity contribution in [3.05, 3.63) is 64.7 Å². The number of aliphatic hydroxyl groups is 1. The molecule has 0 aliphatic carbocycles. The fourth-order valence-electron chi connectivity index (χ4n) is 3.82. The third kappa shape index (κ3) is 5.06. The second kappa shape index (κ2) is 9.87. The molecule has 174 valence electrons. The Morgan fingerprint density at radius 1 is 1.09 bits per heavy atom. The van der Waals surface area contributed by atoms with Crippen LogP contribution in [0.2, 0.25) is 0 Å². The van der Waals surface area contributed by atoms with Gasteiger partial charge in [0, 0.05) is 25.6 Å². The minimum absolute atomic E-state index is 0.0206. The summed E-state index contributed by atoms with van der Waals surface area (Å²) in [6.07, 6.45) is 0. The monoisotopic (exact) mass is 452 g/mol. The maximum absolute atomic E-state index is 13.1. The molecular weight excluding hydrogens is 424 g/mol. The molecule has 1 atom stereocenters. The van der Waals surface area contributed by atoms with Crippen LogP contribution in [0.15, 0.2) is 48.0 Å². The molecule has 33 heavy (non-hydrogen) atoms. The van der Waals surface area contributed by atoms with E-state index in [1.165, 1.54) is 11.8 Å². The third-order valence-electron chi connectivity index (χ3n) is 5.47. The highest BCUT2D eigenvalue weighted by Gasteiger charge is 2.46. The minimum atomic E-state index is -0.780. The molecule has 2 aromatic rings. The number of methoxy groups -OCH3 is 1. The molecule has 3 rings (SSSR count). The summed E-state index contributed by atoms with van der Waals surface area (Å²) in [5.41, 5.74) is 1.79. The first-order chi connectivity index (χ1) is 15.6. The van der Waals surface area contributed by atoms with Crippen LogP contribution in [0, 0.1) is 6.92 Å². The molecule has 1 aliphatic rings. The first kappa shape index (κ1) is 24.0. The van der Waals surface area contributed by atoms with Gasteiger partial charge in [-0.15, -0.1) is 0 Å². The standard InChI is InChI=1S/C25H28N2O6/c1-15-14-19(32-5)10-11-20(15)23(29)21-22(17-6-8-18(9-7-17)33-16(2)28)27(13-12-26(3)4)25(31)24(21)30/h6-11,14,22,29H,12-13H2,1-5H3/b23-21-. The highest BCUT2D eigenvalue weighted by molar-refractivity contribution is 6.46. The number of hydrogen-bond acceptors (Lipinski definition) is 7. The molecule has 1 unspecified atom stereocenters. The molecule has 1 heterocycles. The summed E-state index contributed by atoms with van der Waals surface area (Å²) < 4.78 is 10.3. The van der Waals surface area contributed by atoms with E-state index in [0.717, 1.165) is 0 Å². The Morgan fingerprint density at radius 3 is 2.27 bits per heavy atom. The number of likely N-dealkylation sites (N-methyl/N-ethyl adjacent to an activating group) is 1. The lowest BCUT2D eigenvalue weighted by Crippen LogP contribution is -2.35. The Labute approximate surface area is 193 Å². The van der Waals surface area contributed by atoms with E-state index < -0.39 is 23.7 Å². The first-order valence-electron chi connectivity index (χ1n) is 10.5. The summed E-state index contributed by atoms with van der Waals surface area (Å²) in [5.74, 6) is -1.13. The van der Waals surface area contributed by atoms with Gasteiger partial charge in [0.05, 0.1) is 18.7 Å². The molecule has 1 saturated heterocycles. The molecule has 1 fully saturated rings. The fraction of sp³-hybridized carbons (Fsp3) is 0.320. The topological polar surface area (TPSA) is 96.4 Å². The Morgan fingerprint density at radius 2 is 1.73 bits per heavy atom. The Bertz CT molecular complexity index is 1100. The summed E-state index contributed by atoms with van der Waals surface area (Å²) in [6.45, 7) is 3.94. The van der Waals surface area contributed by atoms with Gasteiger partial charge in [-0.1, -0.05) is 12.1 Å². The van der Waals surface area contributed by atoms with Gasteiger partial charge in [0.25, 0.3) is 11.7 Å². The summed E-state index contributed by atoms with van der Waals surface area (Å²) in [7, 11) is 5.30. The van der Waals surface area contributed by atoms with Crippen LogP contribution in [0.1, 0.15) is 29.7 Å². The van der Waals surface area contributed by atoms with Crippen molar-refractivity contribution in [1.29, 1.82) is 0 Å². The SMILES string of the molecule is COc1ccc(/C(O)=C2/C(=O)C(=O)N(CCN(C)C)C2c2ccc(OC(C)=O)cc2)c(C)c1. The van der Waals surface area contributed by atoms with Crippen LogP contribution in [-0.2, 0) is 14.4 Å². The third-order valence-corrected chi connectivity index (χ3v) is 5.47. The number of carbonyl (C=O) groups is 3. The fourth-order valence-corrected chi connectivity index (χ4v) is 3.82. The van der Waals surface area contributed by atoms with Crippen molar-refractivity contribution in [3.63, 3.8) is 0 Å². The molecule has 0 radical (unpaired) electrons. The zero-order chi connectivity index (χ0) is 24.3. The Hall–Kier alpha value is -3.65. The van der Waals surface area contributed by atoms with Crippen molar-refractivity contribution in [2.75, 3.05) is 34.3 Å². The van der Waals surface area contributed by atoms with Crippen LogP contribution in [0.5, 0.6) is 11.5 Å². The van der Waals surface area contributed by atoms with Gasteiger partial charge in [0.2, 0.25) is 0 Å².